The van der Waals surface area contributed by atoms with Gasteiger partial charge in [0.2, 0.25) is 0 Å². The van der Waals surface area contributed by atoms with E-state index in [4.69, 9.17) is 4.74 Å². The summed E-state index contributed by atoms with van der Waals surface area (Å²) in [6.45, 7) is 5.12. The Kier molecular flexibility index (Phi) is 7.44. The van der Waals surface area contributed by atoms with Crippen LogP contribution in [0.15, 0.2) is 30.3 Å². The summed E-state index contributed by atoms with van der Waals surface area (Å²) in [5, 5.41) is 0. The van der Waals surface area contributed by atoms with E-state index < -0.39 is 5.60 Å². The van der Waals surface area contributed by atoms with Gasteiger partial charge in [-0.25, -0.2) is 0 Å². The quantitative estimate of drug-likeness (QED) is 0.676. The molecule has 0 unspecified atom stereocenters. The highest BCUT2D eigenvalue weighted by molar-refractivity contribution is 5.77. The Labute approximate surface area is 150 Å². The van der Waals surface area contributed by atoms with Crippen LogP contribution in [0.3, 0.4) is 0 Å². The molecule has 0 atom stereocenters. The largest absolute Gasteiger partial charge is 0.469 e. The van der Waals surface area contributed by atoms with Crippen molar-refractivity contribution in [2.45, 2.75) is 51.0 Å². The second kappa shape index (κ2) is 9.56. The molecule has 0 bridgehead atoms. The van der Waals surface area contributed by atoms with E-state index in [1.54, 1.807) is 0 Å². The zero-order chi connectivity index (χ0) is 18.1. The highest BCUT2D eigenvalue weighted by atomic mass is 16.6. The maximum Gasteiger partial charge on any atom is 0.307 e. The maximum atomic E-state index is 12.3. The number of ether oxygens (including phenoxy) is 2. The van der Waals surface area contributed by atoms with Gasteiger partial charge in [-0.05, 0) is 18.5 Å². The lowest BCUT2D eigenvalue weighted by atomic mass is 9.84. The first-order valence-electron chi connectivity index (χ1n) is 9.16. The first-order chi connectivity index (χ1) is 12.1. The van der Waals surface area contributed by atoms with E-state index in [9.17, 15) is 9.59 Å². The van der Waals surface area contributed by atoms with Crippen LogP contribution in [0.5, 0.6) is 0 Å². The Morgan fingerprint density at radius 1 is 1.08 bits per heavy atom. The summed E-state index contributed by atoms with van der Waals surface area (Å²) in [5.74, 6) is -0.726. The molecule has 0 aromatic heterocycles. The van der Waals surface area contributed by atoms with Crippen LogP contribution < -0.4 is 0 Å². The smallest absolute Gasteiger partial charge is 0.307 e. The van der Waals surface area contributed by atoms with Crippen molar-refractivity contribution >= 4 is 11.9 Å². The minimum Gasteiger partial charge on any atom is -0.469 e. The van der Waals surface area contributed by atoms with E-state index in [-0.39, 0.29) is 24.8 Å². The van der Waals surface area contributed by atoms with Crippen molar-refractivity contribution in [3.05, 3.63) is 35.9 Å². The molecule has 1 heterocycles. The number of piperidine rings is 1. The second-order valence-corrected chi connectivity index (χ2v) is 6.61. The second-order valence-electron chi connectivity index (χ2n) is 6.61. The van der Waals surface area contributed by atoms with Crippen molar-refractivity contribution in [3.8, 4) is 0 Å². The number of unbranched alkanes of at least 4 members (excludes halogenated alkanes) is 1. The van der Waals surface area contributed by atoms with E-state index in [1.807, 2.05) is 30.3 Å². The molecular weight excluding hydrogens is 318 g/mol. The predicted octanol–water partition coefficient (Wildman–Crippen LogP) is 3.27. The Bertz CT molecular complexity index is 550. The fourth-order valence-corrected chi connectivity index (χ4v) is 3.29. The summed E-state index contributed by atoms with van der Waals surface area (Å²) in [4.78, 5) is 26.0. The molecular formula is C20H29NO4. The van der Waals surface area contributed by atoms with Crippen LogP contribution in [-0.4, -0.2) is 43.6 Å². The van der Waals surface area contributed by atoms with Crippen LogP contribution in [0.25, 0.3) is 0 Å². The molecule has 138 valence electrons. The van der Waals surface area contributed by atoms with Crippen molar-refractivity contribution in [1.82, 2.24) is 4.90 Å². The average molecular weight is 347 g/mol. The van der Waals surface area contributed by atoms with Crippen molar-refractivity contribution in [3.63, 3.8) is 0 Å². The van der Waals surface area contributed by atoms with Gasteiger partial charge in [0.25, 0.3) is 0 Å². The lowest BCUT2D eigenvalue weighted by Crippen LogP contribution is -2.45. The van der Waals surface area contributed by atoms with Gasteiger partial charge in [0.15, 0.2) is 0 Å². The molecule has 5 heteroatoms. The number of nitrogens with zero attached hydrogens (tertiary/aromatic N) is 1. The zero-order valence-electron chi connectivity index (χ0n) is 15.3. The number of carbonyl (C=O) groups is 2. The Balaban J connectivity index is 2.04. The van der Waals surface area contributed by atoms with Gasteiger partial charge in [-0.1, -0.05) is 43.7 Å². The summed E-state index contributed by atoms with van der Waals surface area (Å²) in [6, 6.07) is 9.96. The van der Waals surface area contributed by atoms with Crippen molar-refractivity contribution in [1.29, 1.82) is 0 Å². The highest BCUT2D eigenvalue weighted by Crippen LogP contribution is 2.37. The summed E-state index contributed by atoms with van der Waals surface area (Å²) in [6.07, 6.45) is 4.05. The van der Waals surface area contributed by atoms with E-state index in [0.717, 1.165) is 38.0 Å². The molecule has 1 aromatic rings. The highest BCUT2D eigenvalue weighted by Gasteiger charge is 2.39. The first-order valence-corrected chi connectivity index (χ1v) is 9.16. The van der Waals surface area contributed by atoms with Gasteiger partial charge in [0, 0.05) is 25.9 Å². The number of carbonyl (C=O) groups excluding carboxylic acids is 2. The van der Waals surface area contributed by atoms with Gasteiger partial charge in [-0.2, -0.15) is 0 Å². The van der Waals surface area contributed by atoms with Gasteiger partial charge in [-0.3, -0.25) is 9.59 Å². The number of benzene rings is 1. The lowest BCUT2D eigenvalue weighted by Gasteiger charge is -2.41. The van der Waals surface area contributed by atoms with Crippen molar-refractivity contribution in [2.24, 2.45) is 0 Å². The standard InChI is InChI=1S/C20H29NO4/c1-3-4-14-21-15-12-20(13-16-21,17-8-6-5-7-9-17)25-19(23)11-10-18(22)24-2/h5-9H,3-4,10-16H2,1-2H3. The molecule has 0 aliphatic carbocycles. The molecule has 1 aliphatic rings. The van der Waals surface area contributed by atoms with E-state index in [2.05, 4.69) is 16.6 Å². The van der Waals surface area contributed by atoms with Gasteiger partial charge < -0.3 is 14.4 Å². The predicted molar refractivity (Wildman–Crippen MR) is 96.0 cm³/mol. The molecule has 1 aliphatic heterocycles. The van der Waals surface area contributed by atoms with E-state index in [0.29, 0.717) is 0 Å². The topological polar surface area (TPSA) is 55.8 Å². The minimum absolute atomic E-state index is 0.0564. The van der Waals surface area contributed by atoms with Gasteiger partial charge in [0.1, 0.15) is 5.60 Å². The van der Waals surface area contributed by atoms with Gasteiger partial charge in [-0.15, -0.1) is 0 Å². The van der Waals surface area contributed by atoms with Gasteiger partial charge >= 0.3 is 11.9 Å². The molecule has 1 saturated heterocycles. The zero-order valence-corrected chi connectivity index (χ0v) is 15.3. The molecule has 0 N–H and O–H groups in total. The third-order valence-electron chi connectivity index (χ3n) is 4.86. The number of hydrogen-bond donors (Lipinski definition) is 0. The molecule has 1 aromatic carbocycles. The number of hydrogen-bond acceptors (Lipinski definition) is 5. The van der Waals surface area contributed by atoms with Gasteiger partial charge in [0.05, 0.1) is 20.0 Å². The Hall–Kier alpha value is -1.88. The third-order valence-corrected chi connectivity index (χ3v) is 4.86. The summed E-state index contributed by atoms with van der Waals surface area (Å²) in [5.41, 5.74) is 0.452. The molecule has 5 nitrogen and oxygen atoms in total. The first kappa shape index (κ1) is 19.4. The van der Waals surface area contributed by atoms with Crippen LogP contribution in [0.1, 0.15) is 51.0 Å². The monoisotopic (exact) mass is 347 g/mol. The van der Waals surface area contributed by atoms with Crippen molar-refractivity contribution < 1.29 is 19.1 Å². The third kappa shape index (κ3) is 5.56. The number of likely N-dealkylation sites (tertiary alicyclic amines) is 1. The van der Waals surface area contributed by atoms with E-state index >= 15 is 0 Å². The number of rotatable bonds is 8. The van der Waals surface area contributed by atoms with Crippen LogP contribution in [0.4, 0.5) is 0 Å². The summed E-state index contributed by atoms with van der Waals surface area (Å²) < 4.78 is 10.5. The summed E-state index contributed by atoms with van der Waals surface area (Å²) in [7, 11) is 1.32. The number of esters is 2. The molecule has 1 fully saturated rings. The average Bonchev–Trinajstić information content (AvgIpc) is 2.66. The fourth-order valence-electron chi connectivity index (χ4n) is 3.29. The number of methoxy groups -OCH3 is 1. The lowest BCUT2D eigenvalue weighted by molar-refractivity contribution is -0.168. The molecule has 0 spiro atoms. The Morgan fingerprint density at radius 2 is 1.72 bits per heavy atom. The van der Waals surface area contributed by atoms with Crippen LogP contribution in [-0.2, 0) is 24.7 Å². The van der Waals surface area contributed by atoms with Crippen LogP contribution in [0, 0.1) is 0 Å². The summed E-state index contributed by atoms with van der Waals surface area (Å²) >= 11 is 0. The Morgan fingerprint density at radius 3 is 2.32 bits per heavy atom. The minimum atomic E-state index is -0.586. The molecule has 0 amide bonds. The normalized spacial score (nSPS) is 17.0. The molecule has 25 heavy (non-hydrogen) atoms. The van der Waals surface area contributed by atoms with Crippen molar-refractivity contribution in [2.75, 3.05) is 26.7 Å². The van der Waals surface area contributed by atoms with E-state index in [1.165, 1.54) is 20.0 Å². The molecule has 0 radical (unpaired) electrons. The SMILES string of the molecule is CCCCN1CCC(OC(=O)CCC(=O)OC)(c2ccccc2)CC1. The molecule has 0 saturated carbocycles. The maximum absolute atomic E-state index is 12.3. The van der Waals surface area contributed by atoms with Crippen LogP contribution in [0.2, 0.25) is 0 Å². The molecule has 2 rings (SSSR count). The van der Waals surface area contributed by atoms with Crippen LogP contribution >= 0.6 is 0 Å². The fraction of sp³-hybridized carbons (Fsp3) is 0.600.